The molecule has 1 unspecified atom stereocenters. The molecule has 2 heterocycles. The Morgan fingerprint density at radius 2 is 1.86 bits per heavy atom. The predicted molar refractivity (Wildman–Crippen MR) is 138 cm³/mol. The quantitative estimate of drug-likeness (QED) is 0.575. The van der Waals surface area contributed by atoms with Gasteiger partial charge in [-0.3, -0.25) is 19.4 Å². The number of β-amino-alcohol motifs (C(OH)–C–C–N with tert-alkyl or cyclic N) is 1. The number of nitrogens with zero attached hydrogens (tertiary/aromatic N) is 6. The number of amides is 2. The summed E-state index contributed by atoms with van der Waals surface area (Å²) in [5, 5.41) is 31.3. The summed E-state index contributed by atoms with van der Waals surface area (Å²) in [6, 6.07) is 5.61. The maximum Gasteiger partial charge on any atom is 0.251 e. The number of aliphatic hydroxyl groups excluding tert-OH is 1. The Hall–Kier alpha value is -3.45. The van der Waals surface area contributed by atoms with Crippen LogP contribution in [0.4, 0.5) is 5.69 Å². The molecule has 10 nitrogen and oxygen atoms in total. The highest BCUT2D eigenvalue weighted by Gasteiger charge is 2.44. The van der Waals surface area contributed by atoms with E-state index in [0.29, 0.717) is 11.5 Å². The standard InChI is InChI=1S/C27H37N7O3/c1-27(2,3)18-10-12-20(13-11-18)34(26(37)22-14-21(35)15-33(22)16-28)23(24-31-29-17-32(24)4)25(36)30-19-8-6-5-7-9-19/h10-13,17,19,21-23,35H,5-9,14-15H2,1-4H3,(H,30,36)/t21-,22-,23?/m1/s1. The lowest BCUT2D eigenvalue weighted by molar-refractivity contribution is -0.129. The molecule has 1 aromatic heterocycles. The largest absolute Gasteiger partial charge is 0.391 e. The molecule has 0 bridgehead atoms. The van der Waals surface area contributed by atoms with Gasteiger partial charge in [0.2, 0.25) is 0 Å². The molecule has 2 aromatic rings. The van der Waals surface area contributed by atoms with Crippen LogP contribution < -0.4 is 10.2 Å². The van der Waals surface area contributed by atoms with Crippen LogP contribution in [0, 0.1) is 11.5 Å². The molecule has 3 atom stereocenters. The maximum atomic E-state index is 14.2. The summed E-state index contributed by atoms with van der Waals surface area (Å²) < 4.78 is 1.64. The second kappa shape index (κ2) is 10.9. The predicted octanol–water partition coefficient (Wildman–Crippen LogP) is 2.55. The summed E-state index contributed by atoms with van der Waals surface area (Å²) in [6.07, 6.45) is 7.87. The molecule has 0 radical (unpaired) electrons. The summed E-state index contributed by atoms with van der Waals surface area (Å²) in [5.74, 6) is -0.449. The van der Waals surface area contributed by atoms with Gasteiger partial charge in [-0.25, -0.2) is 0 Å². The number of aromatic nitrogens is 3. The van der Waals surface area contributed by atoms with Crippen molar-refractivity contribution in [1.29, 1.82) is 5.26 Å². The zero-order chi connectivity index (χ0) is 26.7. The third-order valence-electron chi connectivity index (χ3n) is 7.39. The first-order valence-corrected chi connectivity index (χ1v) is 13.0. The van der Waals surface area contributed by atoms with E-state index in [2.05, 4.69) is 36.3 Å². The van der Waals surface area contributed by atoms with Gasteiger partial charge in [-0.2, -0.15) is 5.26 Å². The highest BCUT2D eigenvalue weighted by Crippen LogP contribution is 2.33. The van der Waals surface area contributed by atoms with E-state index in [1.807, 2.05) is 30.5 Å². The minimum Gasteiger partial charge on any atom is -0.391 e. The van der Waals surface area contributed by atoms with Gasteiger partial charge in [0.15, 0.2) is 18.1 Å². The number of nitrogens with one attached hydrogen (secondary N) is 1. The number of hydrogen-bond donors (Lipinski definition) is 2. The molecule has 10 heteroatoms. The molecule has 198 valence electrons. The van der Waals surface area contributed by atoms with Gasteiger partial charge in [-0.15, -0.1) is 10.2 Å². The molecule has 0 spiro atoms. The smallest absolute Gasteiger partial charge is 0.251 e. The molecule has 2 fully saturated rings. The third kappa shape index (κ3) is 5.77. The second-order valence-electron chi connectivity index (χ2n) is 11.2. The number of nitriles is 1. The molecule has 4 rings (SSSR count). The van der Waals surface area contributed by atoms with Crippen LogP contribution in [0.3, 0.4) is 0 Å². The summed E-state index contributed by atoms with van der Waals surface area (Å²) >= 11 is 0. The van der Waals surface area contributed by atoms with Crippen LogP contribution in [0.2, 0.25) is 0 Å². The lowest BCUT2D eigenvalue weighted by Gasteiger charge is -2.35. The molecular formula is C27H37N7O3. The molecule has 1 aliphatic carbocycles. The van der Waals surface area contributed by atoms with Crippen LogP contribution in [0.25, 0.3) is 0 Å². The normalized spacial score (nSPS) is 21.4. The van der Waals surface area contributed by atoms with Gasteiger partial charge in [0.1, 0.15) is 12.4 Å². The average Bonchev–Trinajstić information content (AvgIpc) is 3.47. The first-order valence-electron chi connectivity index (χ1n) is 13.0. The molecule has 2 N–H and O–H groups in total. The summed E-state index contributed by atoms with van der Waals surface area (Å²) in [7, 11) is 1.74. The number of aryl methyl sites for hydroxylation is 1. The fourth-order valence-corrected chi connectivity index (χ4v) is 5.26. The van der Waals surface area contributed by atoms with Crippen LogP contribution in [-0.2, 0) is 22.1 Å². The number of hydrogen-bond acceptors (Lipinski definition) is 7. The number of rotatable bonds is 6. The van der Waals surface area contributed by atoms with E-state index in [9.17, 15) is 20.0 Å². The Balaban J connectivity index is 1.79. The number of anilines is 1. The van der Waals surface area contributed by atoms with Crippen molar-refractivity contribution in [3.05, 3.63) is 42.0 Å². The first-order chi connectivity index (χ1) is 17.6. The maximum absolute atomic E-state index is 14.2. The number of carbonyl (C=O) groups is 2. The van der Waals surface area contributed by atoms with Crippen molar-refractivity contribution in [2.75, 3.05) is 11.4 Å². The third-order valence-corrected chi connectivity index (χ3v) is 7.39. The molecule has 2 amide bonds. The van der Waals surface area contributed by atoms with E-state index >= 15 is 0 Å². The molecule has 1 aliphatic heterocycles. The van der Waals surface area contributed by atoms with Crippen molar-refractivity contribution in [3.63, 3.8) is 0 Å². The number of likely N-dealkylation sites (tertiary alicyclic amines) is 1. The van der Waals surface area contributed by atoms with Crippen LogP contribution in [-0.4, -0.2) is 61.3 Å². The molecule has 1 saturated carbocycles. The van der Waals surface area contributed by atoms with Crippen LogP contribution in [0.15, 0.2) is 30.6 Å². The van der Waals surface area contributed by atoms with Gasteiger partial charge in [-0.05, 0) is 36.0 Å². The first kappa shape index (κ1) is 26.6. The zero-order valence-electron chi connectivity index (χ0n) is 22.1. The Morgan fingerprint density at radius 3 is 2.43 bits per heavy atom. The molecule has 2 aliphatic rings. The van der Waals surface area contributed by atoms with E-state index in [0.717, 1.165) is 37.7 Å². The van der Waals surface area contributed by atoms with Crippen molar-refractivity contribution in [2.45, 2.75) is 88.9 Å². The fraction of sp³-hybridized carbons (Fsp3) is 0.593. The Kier molecular flexibility index (Phi) is 7.83. The van der Waals surface area contributed by atoms with Crippen LogP contribution >= 0.6 is 0 Å². The summed E-state index contributed by atoms with van der Waals surface area (Å²) in [6.45, 7) is 6.40. The van der Waals surface area contributed by atoms with Gasteiger partial charge >= 0.3 is 0 Å². The highest BCUT2D eigenvalue weighted by molar-refractivity contribution is 6.03. The van der Waals surface area contributed by atoms with Gasteiger partial charge in [-0.1, -0.05) is 52.2 Å². The van der Waals surface area contributed by atoms with Crippen molar-refractivity contribution in [1.82, 2.24) is 25.0 Å². The highest BCUT2D eigenvalue weighted by atomic mass is 16.3. The van der Waals surface area contributed by atoms with Crippen molar-refractivity contribution in [3.8, 4) is 6.19 Å². The van der Waals surface area contributed by atoms with E-state index in [4.69, 9.17) is 0 Å². The number of carbonyl (C=O) groups excluding carboxylic acids is 2. The second-order valence-corrected chi connectivity index (χ2v) is 11.2. The van der Waals surface area contributed by atoms with Gasteiger partial charge in [0.25, 0.3) is 11.8 Å². The van der Waals surface area contributed by atoms with Gasteiger partial charge in [0.05, 0.1) is 12.6 Å². The lowest BCUT2D eigenvalue weighted by Crippen LogP contribution is -2.52. The number of benzene rings is 1. The van der Waals surface area contributed by atoms with Crippen molar-refractivity contribution >= 4 is 17.5 Å². The SMILES string of the molecule is Cn1cnnc1C(C(=O)NC1CCCCC1)N(C(=O)[C@H]1C[C@@H](O)CN1C#N)c1ccc(C(C)(C)C)cc1. The van der Waals surface area contributed by atoms with Crippen LogP contribution in [0.5, 0.6) is 0 Å². The monoisotopic (exact) mass is 507 g/mol. The van der Waals surface area contributed by atoms with Crippen molar-refractivity contribution < 1.29 is 14.7 Å². The number of aliphatic hydroxyl groups is 1. The van der Waals surface area contributed by atoms with Crippen molar-refractivity contribution in [2.24, 2.45) is 7.05 Å². The Bertz CT molecular complexity index is 1140. The fourth-order valence-electron chi connectivity index (χ4n) is 5.26. The topological polar surface area (TPSA) is 127 Å². The Labute approximate surface area is 218 Å². The molecule has 37 heavy (non-hydrogen) atoms. The van der Waals surface area contributed by atoms with Crippen LogP contribution in [0.1, 0.15) is 76.7 Å². The lowest BCUT2D eigenvalue weighted by atomic mass is 9.87. The minimum absolute atomic E-state index is 0.0288. The molecule has 1 saturated heterocycles. The van der Waals surface area contributed by atoms with E-state index in [1.54, 1.807) is 11.6 Å². The summed E-state index contributed by atoms with van der Waals surface area (Å²) in [5.41, 5.74) is 1.51. The van der Waals surface area contributed by atoms with E-state index < -0.39 is 24.1 Å². The van der Waals surface area contributed by atoms with Gasteiger partial charge in [0, 0.05) is 25.2 Å². The molecule has 1 aromatic carbocycles. The molecular weight excluding hydrogens is 470 g/mol. The van der Waals surface area contributed by atoms with E-state index in [1.165, 1.54) is 16.1 Å². The minimum atomic E-state index is -1.10. The Morgan fingerprint density at radius 1 is 1.19 bits per heavy atom. The average molecular weight is 508 g/mol. The summed E-state index contributed by atoms with van der Waals surface area (Å²) in [4.78, 5) is 30.8. The zero-order valence-corrected chi connectivity index (χ0v) is 22.1. The van der Waals surface area contributed by atoms with Gasteiger partial charge < -0.3 is 15.0 Å². The van der Waals surface area contributed by atoms with E-state index in [-0.39, 0.29) is 30.3 Å².